The molecular formula is C25H24F2O4. The summed E-state index contributed by atoms with van der Waals surface area (Å²) in [5.74, 6) is 0.587. The van der Waals surface area contributed by atoms with Gasteiger partial charge in [-0.15, -0.1) is 0 Å². The molecule has 0 aromatic heterocycles. The van der Waals surface area contributed by atoms with E-state index in [0.717, 1.165) is 17.7 Å². The molecule has 162 valence electrons. The lowest BCUT2D eigenvalue weighted by Crippen LogP contribution is -2.16. The second-order valence-corrected chi connectivity index (χ2v) is 6.96. The highest BCUT2D eigenvalue weighted by Crippen LogP contribution is 2.27. The number of para-hydroxylation sites is 1. The second kappa shape index (κ2) is 11.1. The standard InChI is InChI=1S/C25H24F2O4/c1-2-7-23(19-12-14-21(15-13-19)31-25(26)27)24(28)29-17-18-8-6-11-22(16-18)30-20-9-4-3-5-10-20/h3-6,8-16,23,25H,2,7,17H2,1H3. The summed E-state index contributed by atoms with van der Waals surface area (Å²) in [6.45, 7) is -0.805. The molecule has 1 atom stereocenters. The minimum atomic E-state index is -2.89. The van der Waals surface area contributed by atoms with Gasteiger partial charge in [-0.05, 0) is 53.9 Å². The van der Waals surface area contributed by atoms with E-state index in [1.807, 2.05) is 61.5 Å². The number of benzene rings is 3. The third-order valence-electron chi connectivity index (χ3n) is 4.63. The van der Waals surface area contributed by atoms with Crippen LogP contribution in [0.3, 0.4) is 0 Å². The maximum atomic E-state index is 12.7. The van der Waals surface area contributed by atoms with Crippen LogP contribution in [0.1, 0.15) is 36.8 Å². The van der Waals surface area contributed by atoms with Gasteiger partial charge in [0.15, 0.2) is 0 Å². The van der Waals surface area contributed by atoms with Crippen molar-refractivity contribution in [1.82, 2.24) is 0 Å². The average molecular weight is 426 g/mol. The molecule has 0 N–H and O–H groups in total. The molecule has 0 amide bonds. The monoisotopic (exact) mass is 426 g/mol. The Morgan fingerprint density at radius 1 is 0.871 bits per heavy atom. The summed E-state index contributed by atoms with van der Waals surface area (Å²) in [7, 11) is 0. The fourth-order valence-corrected chi connectivity index (χ4v) is 3.17. The second-order valence-electron chi connectivity index (χ2n) is 6.96. The van der Waals surface area contributed by atoms with Crippen LogP contribution in [-0.2, 0) is 16.1 Å². The molecule has 3 rings (SSSR count). The lowest BCUT2D eigenvalue weighted by molar-refractivity contribution is -0.147. The van der Waals surface area contributed by atoms with Crippen molar-refractivity contribution in [3.05, 3.63) is 90.0 Å². The Labute approximate surface area is 180 Å². The van der Waals surface area contributed by atoms with Crippen molar-refractivity contribution in [3.8, 4) is 17.2 Å². The van der Waals surface area contributed by atoms with E-state index < -0.39 is 12.5 Å². The molecule has 1 unspecified atom stereocenters. The SMILES string of the molecule is CCCC(C(=O)OCc1cccc(Oc2ccccc2)c1)c1ccc(OC(F)F)cc1. The normalized spacial score (nSPS) is 11.7. The number of hydrogen-bond acceptors (Lipinski definition) is 4. The summed E-state index contributed by atoms with van der Waals surface area (Å²) in [6, 6.07) is 22.9. The molecule has 0 aliphatic carbocycles. The van der Waals surface area contributed by atoms with Gasteiger partial charge in [0, 0.05) is 0 Å². The number of carbonyl (C=O) groups is 1. The lowest BCUT2D eigenvalue weighted by atomic mass is 9.94. The van der Waals surface area contributed by atoms with Gasteiger partial charge in [-0.25, -0.2) is 0 Å². The van der Waals surface area contributed by atoms with E-state index in [9.17, 15) is 13.6 Å². The molecule has 0 radical (unpaired) electrons. The van der Waals surface area contributed by atoms with Crippen LogP contribution in [0.4, 0.5) is 8.78 Å². The van der Waals surface area contributed by atoms with Crippen LogP contribution in [0.2, 0.25) is 0 Å². The van der Waals surface area contributed by atoms with E-state index in [1.165, 1.54) is 12.1 Å². The van der Waals surface area contributed by atoms with Crippen molar-refractivity contribution in [1.29, 1.82) is 0 Å². The van der Waals surface area contributed by atoms with Crippen LogP contribution < -0.4 is 9.47 Å². The first-order chi connectivity index (χ1) is 15.0. The van der Waals surface area contributed by atoms with E-state index in [0.29, 0.717) is 17.7 Å². The van der Waals surface area contributed by atoms with Gasteiger partial charge in [0.25, 0.3) is 0 Å². The summed E-state index contributed by atoms with van der Waals surface area (Å²) in [4.78, 5) is 12.7. The van der Waals surface area contributed by atoms with Gasteiger partial charge in [-0.2, -0.15) is 8.78 Å². The molecule has 0 fully saturated rings. The maximum absolute atomic E-state index is 12.7. The summed E-state index contributed by atoms with van der Waals surface area (Å²) in [6.07, 6.45) is 1.36. The largest absolute Gasteiger partial charge is 0.460 e. The minimum absolute atomic E-state index is 0.0533. The first kappa shape index (κ1) is 22.3. The molecule has 0 bridgehead atoms. The van der Waals surface area contributed by atoms with Crippen molar-refractivity contribution in [2.75, 3.05) is 0 Å². The van der Waals surface area contributed by atoms with Crippen LogP contribution in [0.5, 0.6) is 17.2 Å². The topological polar surface area (TPSA) is 44.8 Å². The Hall–Kier alpha value is -3.41. The number of halogens is 2. The van der Waals surface area contributed by atoms with Gasteiger partial charge >= 0.3 is 12.6 Å². The molecule has 0 heterocycles. The summed E-state index contributed by atoms with van der Waals surface area (Å²) >= 11 is 0. The first-order valence-electron chi connectivity index (χ1n) is 10.1. The Morgan fingerprint density at radius 2 is 1.58 bits per heavy atom. The Bertz CT molecular complexity index is 959. The summed E-state index contributed by atoms with van der Waals surface area (Å²) in [5, 5.41) is 0. The summed E-state index contributed by atoms with van der Waals surface area (Å²) < 4.78 is 40.4. The van der Waals surface area contributed by atoms with Crippen LogP contribution in [0.15, 0.2) is 78.9 Å². The Morgan fingerprint density at radius 3 is 2.26 bits per heavy atom. The highest BCUT2D eigenvalue weighted by molar-refractivity contribution is 5.78. The fraction of sp³-hybridized carbons (Fsp3) is 0.240. The van der Waals surface area contributed by atoms with Crippen LogP contribution in [0.25, 0.3) is 0 Å². The molecule has 0 saturated heterocycles. The molecule has 31 heavy (non-hydrogen) atoms. The number of alkyl halides is 2. The van der Waals surface area contributed by atoms with E-state index in [-0.39, 0.29) is 18.3 Å². The Balaban J connectivity index is 1.63. The molecule has 0 aliphatic rings. The van der Waals surface area contributed by atoms with E-state index in [4.69, 9.17) is 9.47 Å². The van der Waals surface area contributed by atoms with Gasteiger partial charge in [0.05, 0.1) is 5.92 Å². The molecule has 4 nitrogen and oxygen atoms in total. The average Bonchev–Trinajstić information content (AvgIpc) is 2.77. The van der Waals surface area contributed by atoms with Crippen molar-refractivity contribution in [2.24, 2.45) is 0 Å². The zero-order valence-corrected chi connectivity index (χ0v) is 17.2. The fourth-order valence-electron chi connectivity index (χ4n) is 3.17. The van der Waals surface area contributed by atoms with E-state index in [1.54, 1.807) is 12.1 Å². The van der Waals surface area contributed by atoms with Crippen molar-refractivity contribution >= 4 is 5.97 Å². The van der Waals surface area contributed by atoms with Gasteiger partial charge in [-0.3, -0.25) is 4.79 Å². The summed E-state index contributed by atoms with van der Waals surface area (Å²) in [5.41, 5.74) is 1.51. The first-order valence-corrected chi connectivity index (χ1v) is 10.1. The minimum Gasteiger partial charge on any atom is -0.460 e. The smallest absolute Gasteiger partial charge is 0.387 e. The number of hydrogen-bond donors (Lipinski definition) is 0. The predicted molar refractivity (Wildman–Crippen MR) is 113 cm³/mol. The number of carbonyl (C=O) groups excluding carboxylic acids is 1. The third-order valence-corrected chi connectivity index (χ3v) is 4.63. The molecule has 0 spiro atoms. The van der Waals surface area contributed by atoms with Gasteiger partial charge in [0.1, 0.15) is 23.9 Å². The van der Waals surface area contributed by atoms with E-state index in [2.05, 4.69) is 4.74 Å². The van der Waals surface area contributed by atoms with Crippen LogP contribution >= 0.6 is 0 Å². The zero-order chi connectivity index (χ0) is 22.1. The highest BCUT2D eigenvalue weighted by Gasteiger charge is 2.22. The predicted octanol–water partition coefficient (Wildman–Crippen LogP) is 6.71. The molecule has 3 aromatic rings. The number of esters is 1. The number of ether oxygens (including phenoxy) is 3. The molecule has 6 heteroatoms. The van der Waals surface area contributed by atoms with Crippen LogP contribution in [-0.4, -0.2) is 12.6 Å². The Kier molecular flexibility index (Phi) is 7.98. The molecular weight excluding hydrogens is 402 g/mol. The number of rotatable bonds is 10. The molecule has 3 aromatic carbocycles. The lowest BCUT2D eigenvalue weighted by Gasteiger charge is -2.16. The molecule has 0 aliphatic heterocycles. The quantitative estimate of drug-likeness (QED) is 0.338. The van der Waals surface area contributed by atoms with Crippen molar-refractivity contribution < 1.29 is 27.8 Å². The van der Waals surface area contributed by atoms with Crippen LogP contribution in [0, 0.1) is 0 Å². The highest BCUT2D eigenvalue weighted by atomic mass is 19.3. The zero-order valence-electron chi connectivity index (χ0n) is 17.2. The van der Waals surface area contributed by atoms with Gasteiger partial charge in [0.2, 0.25) is 0 Å². The molecule has 0 saturated carbocycles. The van der Waals surface area contributed by atoms with Gasteiger partial charge in [-0.1, -0.05) is 55.8 Å². The third kappa shape index (κ3) is 6.81. The van der Waals surface area contributed by atoms with E-state index >= 15 is 0 Å². The van der Waals surface area contributed by atoms with Crippen molar-refractivity contribution in [2.45, 2.75) is 38.9 Å². The maximum Gasteiger partial charge on any atom is 0.387 e. The van der Waals surface area contributed by atoms with Gasteiger partial charge < -0.3 is 14.2 Å². The van der Waals surface area contributed by atoms with Crippen molar-refractivity contribution in [3.63, 3.8) is 0 Å².